The van der Waals surface area contributed by atoms with Crippen LogP contribution < -0.4 is 0 Å². The van der Waals surface area contributed by atoms with Gasteiger partial charge in [-0.25, -0.2) is 0 Å². The molecule has 2 heteroatoms. The van der Waals surface area contributed by atoms with Gasteiger partial charge in [-0.3, -0.25) is 0 Å². The van der Waals surface area contributed by atoms with Gasteiger partial charge in [0.1, 0.15) is 5.75 Å². The number of aromatic hydroxyl groups is 1. The molecule has 2 N–H and O–H groups in total. The highest BCUT2D eigenvalue weighted by Gasteiger charge is 2.37. The Kier molecular flexibility index (Phi) is 4.18. The van der Waals surface area contributed by atoms with Gasteiger partial charge >= 0.3 is 0 Å². The summed E-state index contributed by atoms with van der Waals surface area (Å²) in [5.74, 6) is 0.199. The molecule has 0 aliphatic carbocycles. The van der Waals surface area contributed by atoms with E-state index in [1.165, 1.54) is 0 Å². The molecule has 3 aromatic rings. The first-order chi connectivity index (χ1) is 11.2. The van der Waals surface area contributed by atoms with Crippen LogP contribution in [0.1, 0.15) is 22.3 Å². The van der Waals surface area contributed by atoms with Crippen LogP contribution in [0.15, 0.2) is 78.9 Å². The number of phenolic OH excluding ortho intramolecular Hbond substituents is 1. The Morgan fingerprint density at radius 3 is 2.09 bits per heavy atom. The lowest BCUT2D eigenvalue weighted by molar-refractivity contribution is 0.242. The molecular formula is C21H20O2. The first kappa shape index (κ1) is 15.3. The maximum absolute atomic E-state index is 10.5. The van der Waals surface area contributed by atoms with Gasteiger partial charge in [0.2, 0.25) is 0 Å². The van der Waals surface area contributed by atoms with Crippen LogP contribution in [-0.2, 0) is 5.41 Å². The van der Waals surface area contributed by atoms with E-state index in [1.54, 1.807) is 12.1 Å². The van der Waals surface area contributed by atoms with Crippen LogP contribution in [-0.4, -0.2) is 16.8 Å². The largest absolute Gasteiger partial charge is 0.508 e. The van der Waals surface area contributed by atoms with E-state index in [4.69, 9.17) is 0 Å². The molecule has 0 aliphatic rings. The van der Waals surface area contributed by atoms with Crippen LogP contribution in [0.5, 0.6) is 5.75 Å². The van der Waals surface area contributed by atoms with Crippen LogP contribution in [0, 0.1) is 6.92 Å². The van der Waals surface area contributed by atoms with Crippen molar-refractivity contribution in [2.45, 2.75) is 12.3 Å². The zero-order valence-corrected chi connectivity index (χ0v) is 13.1. The molecule has 0 bridgehead atoms. The molecule has 1 atom stereocenters. The number of phenols is 1. The number of benzene rings is 3. The van der Waals surface area contributed by atoms with E-state index in [9.17, 15) is 10.2 Å². The van der Waals surface area contributed by atoms with Crippen LogP contribution in [0.3, 0.4) is 0 Å². The Morgan fingerprint density at radius 2 is 1.43 bits per heavy atom. The van der Waals surface area contributed by atoms with Crippen molar-refractivity contribution < 1.29 is 10.2 Å². The summed E-state index contributed by atoms with van der Waals surface area (Å²) in [6, 6.07) is 25.2. The molecule has 0 aromatic heterocycles. The quantitative estimate of drug-likeness (QED) is 0.715. The Morgan fingerprint density at radius 1 is 0.783 bits per heavy atom. The molecule has 0 amide bonds. The van der Waals surface area contributed by atoms with Gasteiger partial charge < -0.3 is 10.2 Å². The second-order valence-corrected chi connectivity index (χ2v) is 5.79. The first-order valence-corrected chi connectivity index (χ1v) is 7.70. The number of aliphatic hydroxyl groups is 1. The van der Waals surface area contributed by atoms with E-state index in [0.29, 0.717) is 0 Å². The van der Waals surface area contributed by atoms with Crippen molar-refractivity contribution in [1.82, 2.24) is 0 Å². The highest BCUT2D eigenvalue weighted by Crippen LogP contribution is 2.41. The van der Waals surface area contributed by atoms with Crippen molar-refractivity contribution in [1.29, 1.82) is 0 Å². The van der Waals surface area contributed by atoms with E-state index < -0.39 is 5.41 Å². The zero-order valence-electron chi connectivity index (χ0n) is 13.1. The Bertz CT molecular complexity index is 796. The van der Waals surface area contributed by atoms with Gasteiger partial charge in [-0.2, -0.15) is 0 Å². The molecule has 0 aliphatic heterocycles. The number of hydrogen-bond acceptors (Lipinski definition) is 2. The Hall–Kier alpha value is -2.58. The SMILES string of the molecule is Cc1ccccc1C(CO)(c1ccccc1)c1cccc(O)c1. The second-order valence-electron chi connectivity index (χ2n) is 5.79. The molecule has 3 aromatic carbocycles. The molecule has 0 spiro atoms. The topological polar surface area (TPSA) is 40.5 Å². The molecule has 0 saturated heterocycles. The molecule has 116 valence electrons. The molecule has 3 rings (SSSR count). The van der Waals surface area contributed by atoms with E-state index in [-0.39, 0.29) is 12.4 Å². The normalized spacial score (nSPS) is 13.5. The van der Waals surface area contributed by atoms with Crippen molar-refractivity contribution in [3.63, 3.8) is 0 Å². The predicted molar refractivity (Wildman–Crippen MR) is 92.7 cm³/mol. The molecule has 1 unspecified atom stereocenters. The number of aryl methyl sites for hydroxylation is 1. The average molecular weight is 304 g/mol. The minimum absolute atomic E-state index is 0.0781. The van der Waals surface area contributed by atoms with Gasteiger partial charge in [0.25, 0.3) is 0 Å². The molecule has 0 saturated carbocycles. The number of rotatable bonds is 4. The van der Waals surface area contributed by atoms with E-state index in [1.807, 2.05) is 73.7 Å². The smallest absolute Gasteiger partial charge is 0.115 e. The van der Waals surface area contributed by atoms with Crippen LogP contribution in [0.2, 0.25) is 0 Å². The van der Waals surface area contributed by atoms with E-state index >= 15 is 0 Å². The third kappa shape index (κ3) is 2.62. The lowest BCUT2D eigenvalue weighted by atomic mass is 9.69. The minimum atomic E-state index is -0.703. The van der Waals surface area contributed by atoms with Gasteiger partial charge in [-0.05, 0) is 41.3 Å². The van der Waals surface area contributed by atoms with Gasteiger partial charge in [0.15, 0.2) is 0 Å². The minimum Gasteiger partial charge on any atom is -0.508 e. The van der Waals surface area contributed by atoms with Gasteiger partial charge in [-0.15, -0.1) is 0 Å². The lowest BCUT2D eigenvalue weighted by Crippen LogP contribution is -2.34. The fraction of sp³-hybridized carbons (Fsp3) is 0.143. The molecule has 23 heavy (non-hydrogen) atoms. The summed E-state index contributed by atoms with van der Waals surface area (Å²) in [6.07, 6.45) is 0. The van der Waals surface area contributed by atoms with Gasteiger partial charge in [0, 0.05) is 0 Å². The summed E-state index contributed by atoms with van der Waals surface area (Å²) in [5, 5.41) is 20.4. The Balaban J connectivity index is 2.35. The van der Waals surface area contributed by atoms with Gasteiger partial charge in [0.05, 0.1) is 12.0 Å². The highest BCUT2D eigenvalue weighted by atomic mass is 16.3. The third-order valence-electron chi connectivity index (χ3n) is 4.45. The summed E-state index contributed by atoms with van der Waals surface area (Å²) in [6.45, 7) is 1.97. The van der Waals surface area contributed by atoms with Crippen LogP contribution in [0.4, 0.5) is 0 Å². The van der Waals surface area contributed by atoms with E-state index in [0.717, 1.165) is 22.3 Å². The third-order valence-corrected chi connectivity index (χ3v) is 4.45. The molecule has 0 heterocycles. The summed E-state index contributed by atoms with van der Waals surface area (Å²) in [7, 11) is 0. The summed E-state index contributed by atoms with van der Waals surface area (Å²) >= 11 is 0. The summed E-state index contributed by atoms with van der Waals surface area (Å²) in [5.41, 5.74) is 3.32. The zero-order chi connectivity index (χ0) is 16.3. The van der Waals surface area contributed by atoms with Gasteiger partial charge in [-0.1, -0.05) is 66.7 Å². The maximum Gasteiger partial charge on any atom is 0.115 e. The monoisotopic (exact) mass is 304 g/mol. The number of aliphatic hydroxyl groups excluding tert-OH is 1. The summed E-state index contributed by atoms with van der Waals surface area (Å²) < 4.78 is 0. The molecule has 0 radical (unpaired) electrons. The van der Waals surface area contributed by atoms with Crippen molar-refractivity contribution in [2.75, 3.05) is 6.61 Å². The lowest BCUT2D eigenvalue weighted by Gasteiger charge is -2.35. The second kappa shape index (κ2) is 6.27. The Labute approximate surface area is 136 Å². The van der Waals surface area contributed by atoms with Crippen molar-refractivity contribution in [2.24, 2.45) is 0 Å². The fourth-order valence-corrected chi connectivity index (χ4v) is 3.29. The fourth-order valence-electron chi connectivity index (χ4n) is 3.29. The van der Waals surface area contributed by atoms with Crippen molar-refractivity contribution in [3.05, 3.63) is 101 Å². The standard InChI is InChI=1S/C21H20O2/c1-16-8-5-6-13-20(16)21(15-22,17-9-3-2-4-10-17)18-11-7-12-19(23)14-18/h2-14,22-23H,15H2,1H3. The molecule has 0 fully saturated rings. The van der Waals surface area contributed by atoms with Crippen molar-refractivity contribution >= 4 is 0 Å². The van der Waals surface area contributed by atoms with Crippen LogP contribution >= 0.6 is 0 Å². The maximum atomic E-state index is 10.5. The summed E-state index contributed by atoms with van der Waals surface area (Å²) in [4.78, 5) is 0. The average Bonchev–Trinajstić information content (AvgIpc) is 2.59. The molecule has 2 nitrogen and oxygen atoms in total. The van der Waals surface area contributed by atoms with Crippen LogP contribution in [0.25, 0.3) is 0 Å². The molecular weight excluding hydrogens is 284 g/mol. The highest BCUT2D eigenvalue weighted by molar-refractivity contribution is 5.54. The first-order valence-electron chi connectivity index (χ1n) is 7.70. The van der Waals surface area contributed by atoms with E-state index in [2.05, 4.69) is 0 Å². The number of hydrogen-bond donors (Lipinski definition) is 2. The predicted octanol–water partition coefficient (Wildman–Crippen LogP) is 4.03. The van der Waals surface area contributed by atoms with Crippen molar-refractivity contribution in [3.8, 4) is 5.75 Å².